The number of rotatable bonds is 5. The minimum absolute atomic E-state index is 0.140. The van der Waals surface area contributed by atoms with Gasteiger partial charge in [0.05, 0.1) is 10.2 Å². The summed E-state index contributed by atoms with van der Waals surface area (Å²) < 4.78 is 11.9. The molecule has 0 bridgehead atoms. The maximum Gasteiger partial charge on any atom is 0.347 e. The molecule has 0 radical (unpaired) electrons. The first kappa shape index (κ1) is 15.8. The normalized spacial score (nSPS) is 12.1. The number of hydrogen-bond acceptors (Lipinski definition) is 5. The van der Waals surface area contributed by atoms with Gasteiger partial charge in [0.2, 0.25) is 0 Å². The molecule has 3 rings (SSSR count). The zero-order chi connectivity index (χ0) is 16.2. The van der Waals surface area contributed by atoms with Gasteiger partial charge in [0.15, 0.2) is 6.10 Å². The van der Waals surface area contributed by atoms with Gasteiger partial charge >= 0.3 is 5.97 Å². The van der Waals surface area contributed by atoms with Crippen LogP contribution in [-0.2, 0) is 16.1 Å². The molecule has 0 amide bonds. The summed E-state index contributed by atoms with van der Waals surface area (Å²) in [6.45, 7) is 1.78. The molecule has 0 saturated carbocycles. The Kier molecular flexibility index (Phi) is 4.79. The topological polar surface area (TPSA) is 48.4 Å². The number of halogens is 1. The quantitative estimate of drug-likeness (QED) is 0.639. The van der Waals surface area contributed by atoms with Crippen LogP contribution < -0.4 is 4.74 Å². The Labute approximate surface area is 142 Å². The van der Waals surface area contributed by atoms with Crippen molar-refractivity contribution < 1.29 is 14.3 Å². The van der Waals surface area contributed by atoms with Crippen molar-refractivity contribution in [1.82, 2.24) is 4.98 Å². The molecule has 0 aliphatic carbocycles. The van der Waals surface area contributed by atoms with E-state index in [0.717, 1.165) is 15.2 Å². The molecule has 3 aromatic rings. The molecular weight excluding hydrogens is 334 g/mol. The van der Waals surface area contributed by atoms with Gasteiger partial charge in [-0.2, -0.15) is 0 Å². The SMILES string of the molecule is CC(Oc1cccc(Cl)c1)C(=O)OCc1nc2ccccc2s1. The first-order valence-corrected chi connectivity index (χ1v) is 8.24. The summed E-state index contributed by atoms with van der Waals surface area (Å²) in [4.78, 5) is 16.4. The number of esters is 1. The van der Waals surface area contributed by atoms with E-state index in [1.807, 2.05) is 24.3 Å². The molecule has 0 aliphatic heterocycles. The highest BCUT2D eigenvalue weighted by atomic mass is 35.5. The average molecular weight is 348 g/mol. The molecular formula is C17H14ClNO3S. The van der Waals surface area contributed by atoms with E-state index in [1.54, 1.807) is 31.2 Å². The fourth-order valence-corrected chi connectivity index (χ4v) is 3.09. The van der Waals surface area contributed by atoms with Crippen LogP contribution in [0.5, 0.6) is 5.75 Å². The van der Waals surface area contributed by atoms with Crippen molar-refractivity contribution in [3.05, 3.63) is 58.6 Å². The fourth-order valence-electron chi connectivity index (χ4n) is 2.02. The lowest BCUT2D eigenvalue weighted by molar-refractivity contribution is -0.152. The Balaban J connectivity index is 1.58. The van der Waals surface area contributed by atoms with Gasteiger partial charge in [-0.25, -0.2) is 9.78 Å². The maximum absolute atomic E-state index is 12.0. The number of benzene rings is 2. The second-order valence-corrected chi connectivity index (χ2v) is 6.45. The molecule has 0 aliphatic rings. The van der Waals surface area contributed by atoms with E-state index < -0.39 is 12.1 Å². The van der Waals surface area contributed by atoms with E-state index in [0.29, 0.717) is 10.8 Å². The zero-order valence-electron chi connectivity index (χ0n) is 12.4. The number of hydrogen-bond donors (Lipinski definition) is 0. The largest absolute Gasteiger partial charge is 0.479 e. The van der Waals surface area contributed by atoms with Gasteiger partial charge in [0.25, 0.3) is 0 Å². The first-order chi connectivity index (χ1) is 11.1. The number of fused-ring (bicyclic) bond motifs is 1. The van der Waals surface area contributed by atoms with Crippen molar-refractivity contribution >= 4 is 39.1 Å². The maximum atomic E-state index is 12.0. The molecule has 0 spiro atoms. The van der Waals surface area contributed by atoms with Crippen LogP contribution in [0.2, 0.25) is 5.02 Å². The van der Waals surface area contributed by atoms with Crippen LogP contribution in [0.25, 0.3) is 10.2 Å². The molecule has 1 heterocycles. The summed E-state index contributed by atoms with van der Waals surface area (Å²) in [5.74, 6) is 0.0890. The summed E-state index contributed by atoms with van der Waals surface area (Å²) in [6, 6.07) is 14.7. The second-order valence-electron chi connectivity index (χ2n) is 4.90. The molecule has 0 saturated heterocycles. The number of ether oxygens (including phenoxy) is 2. The molecule has 0 fully saturated rings. The van der Waals surface area contributed by atoms with Crippen LogP contribution >= 0.6 is 22.9 Å². The van der Waals surface area contributed by atoms with E-state index in [9.17, 15) is 4.79 Å². The van der Waals surface area contributed by atoms with E-state index in [1.165, 1.54) is 11.3 Å². The monoisotopic (exact) mass is 347 g/mol. The zero-order valence-corrected chi connectivity index (χ0v) is 13.9. The number of thiazole rings is 1. The van der Waals surface area contributed by atoms with Gasteiger partial charge in [-0.1, -0.05) is 29.8 Å². The van der Waals surface area contributed by atoms with Gasteiger partial charge < -0.3 is 9.47 Å². The molecule has 4 nitrogen and oxygen atoms in total. The van der Waals surface area contributed by atoms with E-state index in [-0.39, 0.29) is 6.61 Å². The highest BCUT2D eigenvalue weighted by molar-refractivity contribution is 7.18. The molecule has 118 valence electrons. The third-order valence-electron chi connectivity index (χ3n) is 3.12. The predicted octanol–water partition coefficient (Wildman–Crippen LogP) is 4.46. The Morgan fingerprint density at radius 2 is 2.09 bits per heavy atom. The van der Waals surface area contributed by atoms with E-state index >= 15 is 0 Å². The fraction of sp³-hybridized carbons (Fsp3) is 0.176. The van der Waals surface area contributed by atoms with Crippen LogP contribution in [0, 0.1) is 0 Å². The van der Waals surface area contributed by atoms with E-state index in [2.05, 4.69) is 4.98 Å². The third-order valence-corrected chi connectivity index (χ3v) is 4.36. The number of carbonyl (C=O) groups excluding carboxylic acids is 1. The Hall–Kier alpha value is -2.11. The van der Waals surface area contributed by atoms with Crippen molar-refractivity contribution in [3.8, 4) is 5.75 Å². The first-order valence-electron chi connectivity index (χ1n) is 7.05. The number of aromatic nitrogens is 1. The van der Waals surface area contributed by atoms with Crippen LogP contribution in [0.4, 0.5) is 0 Å². The highest BCUT2D eigenvalue weighted by Crippen LogP contribution is 2.22. The minimum atomic E-state index is -0.720. The predicted molar refractivity (Wildman–Crippen MR) is 91.0 cm³/mol. The molecule has 2 aromatic carbocycles. The second kappa shape index (κ2) is 6.98. The van der Waals surface area contributed by atoms with Crippen LogP contribution in [0.15, 0.2) is 48.5 Å². The molecule has 1 atom stereocenters. The highest BCUT2D eigenvalue weighted by Gasteiger charge is 2.17. The van der Waals surface area contributed by atoms with Gasteiger partial charge in [-0.15, -0.1) is 11.3 Å². The van der Waals surface area contributed by atoms with Gasteiger partial charge in [-0.3, -0.25) is 0 Å². The standard InChI is InChI=1S/C17H14ClNO3S/c1-11(22-13-6-4-5-12(18)9-13)17(20)21-10-16-19-14-7-2-3-8-15(14)23-16/h2-9,11H,10H2,1H3. The number of nitrogens with zero attached hydrogens (tertiary/aromatic N) is 1. The molecule has 1 aromatic heterocycles. The number of para-hydroxylation sites is 1. The van der Waals surface area contributed by atoms with Crippen molar-refractivity contribution in [2.45, 2.75) is 19.6 Å². The van der Waals surface area contributed by atoms with Gasteiger partial charge in [-0.05, 0) is 37.3 Å². The summed E-state index contributed by atoms with van der Waals surface area (Å²) >= 11 is 7.39. The van der Waals surface area contributed by atoms with Crippen LogP contribution in [-0.4, -0.2) is 17.1 Å². The van der Waals surface area contributed by atoms with Crippen LogP contribution in [0.1, 0.15) is 11.9 Å². The Morgan fingerprint density at radius 1 is 1.26 bits per heavy atom. The Bertz CT molecular complexity index is 800. The summed E-state index contributed by atoms with van der Waals surface area (Å²) in [5.41, 5.74) is 0.909. The lowest BCUT2D eigenvalue weighted by atomic mass is 10.3. The molecule has 0 N–H and O–H groups in total. The summed E-state index contributed by atoms with van der Waals surface area (Å²) in [6.07, 6.45) is -0.720. The Morgan fingerprint density at radius 3 is 2.87 bits per heavy atom. The lowest BCUT2D eigenvalue weighted by Crippen LogP contribution is -2.26. The van der Waals surface area contributed by atoms with Gasteiger partial charge in [0, 0.05) is 5.02 Å². The molecule has 23 heavy (non-hydrogen) atoms. The minimum Gasteiger partial charge on any atom is -0.479 e. The molecule has 6 heteroatoms. The number of carbonyl (C=O) groups is 1. The van der Waals surface area contributed by atoms with Crippen molar-refractivity contribution in [2.24, 2.45) is 0 Å². The van der Waals surface area contributed by atoms with Crippen molar-refractivity contribution in [3.63, 3.8) is 0 Å². The van der Waals surface area contributed by atoms with E-state index in [4.69, 9.17) is 21.1 Å². The smallest absolute Gasteiger partial charge is 0.347 e. The average Bonchev–Trinajstić information content (AvgIpc) is 2.95. The van der Waals surface area contributed by atoms with Gasteiger partial charge in [0.1, 0.15) is 17.4 Å². The summed E-state index contributed by atoms with van der Waals surface area (Å²) in [5, 5.41) is 1.31. The van der Waals surface area contributed by atoms with Crippen molar-refractivity contribution in [1.29, 1.82) is 0 Å². The third kappa shape index (κ3) is 4.00. The van der Waals surface area contributed by atoms with Crippen LogP contribution in [0.3, 0.4) is 0 Å². The molecule has 1 unspecified atom stereocenters. The van der Waals surface area contributed by atoms with Crippen molar-refractivity contribution in [2.75, 3.05) is 0 Å². The lowest BCUT2D eigenvalue weighted by Gasteiger charge is -2.13. The summed E-state index contributed by atoms with van der Waals surface area (Å²) in [7, 11) is 0.